The molecule has 148 valence electrons. The normalized spacial score (nSPS) is 18.1. The first-order chi connectivity index (χ1) is 13.6. The molecule has 7 nitrogen and oxygen atoms in total. The summed E-state index contributed by atoms with van der Waals surface area (Å²) < 4.78 is 6.76. The van der Waals surface area contributed by atoms with Crippen LogP contribution >= 0.6 is 0 Å². The van der Waals surface area contributed by atoms with Gasteiger partial charge in [-0.2, -0.15) is 0 Å². The highest BCUT2D eigenvalue weighted by atomic mass is 16.5. The Morgan fingerprint density at radius 1 is 1.32 bits per heavy atom. The minimum absolute atomic E-state index is 0.0112. The molecular weight excluding hydrogens is 358 g/mol. The van der Waals surface area contributed by atoms with Crippen LogP contribution < -0.4 is 20.9 Å². The number of aromatic nitrogens is 1. The third-order valence-electron chi connectivity index (χ3n) is 5.28. The lowest BCUT2D eigenvalue weighted by atomic mass is 9.78. The van der Waals surface area contributed by atoms with E-state index < -0.39 is 5.91 Å². The summed E-state index contributed by atoms with van der Waals surface area (Å²) >= 11 is 0. The Hall–Kier alpha value is -3.09. The van der Waals surface area contributed by atoms with Gasteiger partial charge in [-0.15, -0.1) is 0 Å². The lowest BCUT2D eigenvalue weighted by Gasteiger charge is -2.35. The molecule has 0 fully saturated rings. The molecule has 2 N–H and O–H groups in total. The third-order valence-corrected chi connectivity index (χ3v) is 5.28. The van der Waals surface area contributed by atoms with Crippen LogP contribution in [-0.2, 0) is 11.2 Å². The molecule has 1 aromatic heterocycles. The molecule has 0 aliphatic heterocycles. The summed E-state index contributed by atoms with van der Waals surface area (Å²) in [6.07, 6.45) is 5.62. The first-order valence-corrected chi connectivity index (χ1v) is 9.40. The fraction of sp³-hybridized carbons (Fsp3) is 0.381. The zero-order valence-electron chi connectivity index (χ0n) is 16.1. The summed E-state index contributed by atoms with van der Waals surface area (Å²) in [5, 5.41) is 2.56. The summed E-state index contributed by atoms with van der Waals surface area (Å²) in [6.45, 7) is 0. The van der Waals surface area contributed by atoms with Crippen molar-refractivity contribution in [2.75, 3.05) is 19.6 Å². The van der Waals surface area contributed by atoms with Crippen molar-refractivity contribution in [2.24, 2.45) is 5.92 Å². The maximum absolute atomic E-state index is 12.5. The van der Waals surface area contributed by atoms with Gasteiger partial charge < -0.3 is 20.3 Å². The number of benzene rings is 1. The number of pyridine rings is 1. The molecule has 0 spiro atoms. The van der Waals surface area contributed by atoms with Crippen LogP contribution in [0.1, 0.15) is 46.9 Å². The van der Waals surface area contributed by atoms with Crippen molar-refractivity contribution < 1.29 is 14.3 Å². The van der Waals surface area contributed by atoms with Gasteiger partial charge in [0.25, 0.3) is 5.91 Å². The predicted molar refractivity (Wildman–Crippen MR) is 106 cm³/mol. The highest BCUT2D eigenvalue weighted by molar-refractivity contribution is 5.95. The van der Waals surface area contributed by atoms with Gasteiger partial charge >= 0.3 is 0 Å². The molecule has 0 radical (unpaired) electrons. The summed E-state index contributed by atoms with van der Waals surface area (Å²) in [4.78, 5) is 35.6. The molecule has 1 aliphatic carbocycles. The maximum atomic E-state index is 12.5. The van der Waals surface area contributed by atoms with Crippen molar-refractivity contribution in [2.45, 2.75) is 31.7 Å². The van der Waals surface area contributed by atoms with E-state index in [0.717, 1.165) is 31.1 Å². The Morgan fingerprint density at radius 2 is 2.11 bits per heavy atom. The van der Waals surface area contributed by atoms with Crippen LogP contribution in [0.3, 0.4) is 0 Å². The van der Waals surface area contributed by atoms with E-state index in [9.17, 15) is 14.4 Å². The number of carbonyl (C=O) groups excluding carboxylic acids is 2. The molecule has 2 atom stereocenters. The molecule has 0 saturated carbocycles. The molecule has 7 heteroatoms. The van der Waals surface area contributed by atoms with Crippen LogP contribution in [0.2, 0.25) is 0 Å². The second-order valence-electron chi connectivity index (χ2n) is 6.86. The molecule has 2 unspecified atom stereocenters. The quantitative estimate of drug-likeness (QED) is 0.714. The molecular formula is C21H25N3O4. The molecule has 28 heavy (non-hydrogen) atoms. The van der Waals surface area contributed by atoms with E-state index in [4.69, 9.17) is 4.74 Å². The van der Waals surface area contributed by atoms with E-state index in [0.29, 0.717) is 6.42 Å². The minimum atomic E-state index is -0.421. The zero-order chi connectivity index (χ0) is 20.1. The molecule has 1 aromatic carbocycles. The number of aryl methyl sites for hydroxylation is 1. The number of nitrogens with zero attached hydrogens (tertiary/aromatic N) is 1. The second-order valence-corrected chi connectivity index (χ2v) is 6.86. The smallest absolute Gasteiger partial charge is 0.273 e. The number of methoxy groups -OCH3 is 1. The van der Waals surface area contributed by atoms with Gasteiger partial charge in [0.15, 0.2) is 11.4 Å². The van der Waals surface area contributed by atoms with Crippen molar-refractivity contribution in [1.82, 2.24) is 9.99 Å². The lowest BCUT2D eigenvalue weighted by molar-refractivity contribution is -0.108. The van der Waals surface area contributed by atoms with Crippen molar-refractivity contribution in [3.05, 3.63) is 63.6 Å². The number of hydrogen-bond acceptors (Lipinski definition) is 5. The van der Waals surface area contributed by atoms with Gasteiger partial charge in [-0.1, -0.05) is 24.3 Å². The number of fused-ring (bicyclic) bond motifs is 1. The number of carbonyl (C=O) groups is 2. The van der Waals surface area contributed by atoms with Crippen LogP contribution in [0.15, 0.2) is 41.3 Å². The molecule has 3 rings (SSSR count). The average molecular weight is 383 g/mol. The van der Waals surface area contributed by atoms with Gasteiger partial charge in [-0.25, -0.2) is 0 Å². The number of ether oxygens (including phenoxy) is 1. The molecule has 1 aliphatic rings. The largest absolute Gasteiger partial charge is 0.491 e. The molecule has 1 amide bonds. The fourth-order valence-electron chi connectivity index (χ4n) is 3.90. The van der Waals surface area contributed by atoms with Crippen LogP contribution in [0, 0.1) is 5.92 Å². The van der Waals surface area contributed by atoms with Crippen molar-refractivity contribution >= 4 is 12.2 Å². The van der Waals surface area contributed by atoms with E-state index in [1.165, 1.54) is 25.8 Å². The summed E-state index contributed by atoms with van der Waals surface area (Å²) in [5.74, 6) is -0.207. The van der Waals surface area contributed by atoms with Gasteiger partial charge in [-0.3, -0.25) is 14.3 Å². The van der Waals surface area contributed by atoms with Crippen molar-refractivity contribution in [3.63, 3.8) is 0 Å². The van der Waals surface area contributed by atoms with E-state index >= 15 is 0 Å². The van der Waals surface area contributed by atoms with E-state index in [2.05, 4.69) is 22.9 Å². The van der Waals surface area contributed by atoms with Crippen LogP contribution in [-0.4, -0.2) is 31.0 Å². The Morgan fingerprint density at radius 3 is 2.82 bits per heavy atom. The Balaban J connectivity index is 2.06. The summed E-state index contributed by atoms with van der Waals surface area (Å²) in [7, 11) is 2.88. The van der Waals surface area contributed by atoms with Gasteiger partial charge in [0.1, 0.15) is 6.29 Å². The number of amides is 1. The van der Waals surface area contributed by atoms with Gasteiger partial charge in [0.2, 0.25) is 5.43 Å². The highest BCUT2D eigenvalue weighted by Crippen LogP contribution is 2.37. The molecule has 0 bridgehead atoms. The number of nitrogens with one attached hydrogen (secondary N) is 2. The summed E-state index contributed by atoms with van der Waals surface area (Å²) in [6, 6.07) is 9.44. The minimum Gasteiger partial charge on any atom is -0.491 e. The first kappa shape index (κ1) is 19.7. The number of aldehydes is 1. The lowest BCUT2D eigenvalue weighted by Crippen LogP contribution is -2.36. The Labute approximate surface area is 163 Å². The zero-order valence-corrected chi connectivity index (χ0v) is 16.1. The first-order valence-electron chi connectivity index (χ1n) is 9.40. The molecule has 0 saturated heterocycles. The summed E-state index contributed by atoms with van der Waals surface area (Å²) in [5.41, 5.74) is 5.55. The van der Waals surface area contributed by atoms with Crippen LogP contribution in [0.5, 0.6) is 5.75 Å². The second kappa shape index (κ2) is 8.73. The Bertz CT molecular complexity index is 922. The molecule has 2 aromatic rings. The van der Waals surface area contributed by atoms with E-state index in [1.54, 1.807) is 10.9 Å². The van der Waals surface area contributed by atoms with Crippen molar-refractivity contribution in [3.8, 4) is 5.75 Å². The third kappa shape index (κ3) is 3.78. The monoisotopic (exact) mass is 383 g/mol. The van der Waals surface area contributed by atoms with Crippen LogP contribution in [0.4, 0.5) is 0 Å². The fourth-order valence-corrected chi connectivity index (χ4v) is 3.90. The average Bonchev–Trinajstić information content (AvgIpc) is 2.73. The number of rotatable bonds is 7. The number of hydrogen-bond donors (Lipinski definition) is 2. The topological polar surface area (TPSA) is 89.4 Å². The standard InChI is InChI=1S/C21H25N3O4/c1-22-21(27)19-20(28-2)17(26)11-12-24(19)23-18-15(7-5-13-25)10-9-14-6-3-4-8-16(14)18/h3-4,6,8,11-13,15,18,23H,5,7,9-10H2,1-2H3,(H,22,27). The Kier molecular flexibility index (Phi) is 6.13. The highest BCUT2D eigenvalue weighted by Gasteiger charge is 2.30. The van der Waals surface area contributed by atoms with Crippen LogP contribution in [0.25, 0.3) is 0 Å². The maximum Gasteiger partial charge on any atom is 0.273 e. The van der Waals surface area contributed by atoms with E-state index in [1.807, 2.05) is 12.1 Å². The van der Waals surface area contributed by atoms with Gasteiger partial charge in [-0.05, 0) is 36.3 Å². The van der Waals surface area contributed by atoms with Gasteiger partial charge in [0, 0.05) is 25.7 Å². The molecule has 1 heterocycles. The van der Waals surface area contributed by atoms with E-state index in [-0.39, 0.29) is 28.8 Å². The van der Waals surface area contributed by atoms with Crippen molar-refractivity contribution in [1.29, 1.82) is 0 Å². The van der Waals surface area contributed by atoms with Gasteiger partial charge in [0.05, 0.1) is 13.2 Å². The predicted octanol–water partition coefficient (Wildman–Crippen LogP) is 2.04. The SMILES string of the molecule is CNC(=O)c1c(OC)c(=O)ccn1NC1c2ccccc2CCC1CCC=O.